The maximum Gasteiger partial charge on any atom is 0.0971 e. The molecular formula is C15H22N6. The molecule has 21 heavy (non-hydrogen) atoms. The fraction of sp³-hybridized carbons (Fsp3) is 0.467. The van der Waals surface area contributed by atoms with Crippen LogP contribution in [0.5, 0.6) is 0 Å². The number of nitrogens with zero attached hydrogens (tertiary/aromatic N) is 5. The summed E-state index contributed by atoms with van der Waals surface area (Å²) >= 11 is 0. The smallest absolute Gasteiger partial charge is 0.0971 e. The molecule has 112 valence electrons. The van der Waals surface area contributed by atoms with E-state index in [1.54, 1.807) is 4.80 Å². The largest absolute Gasteiger partial charge is 0.329 e. The van der Waals surface area contributed by atoms with Crippen LogP contribution in [0.1, 0.15) is 5.69 Å². The van der Waals surface area contributed by atoms with E-state index in [4.69, 9.17) is 5.73 Å². The minimum atomic E-state index is 0.394. The second kappa shape index (κ2) is 6.34. The van der Waals surface area contributed by atoms with Gasteiger partial charge in [-0.2, -0.15) is 15.0 Å². The van der Waals surface area contributed by atoms with E-state index in [2.05, 4.69) is 27.0 Å². The molecule has 2 aromatic rings. The van der Waals surface area contributed by atoms with Gasteiger partial charge in [0.2, 0.25) is 0 Å². The Labute approximate surface area is 125 Å². The van der Waals surface area contributed by atoms with Gasteiger partial charge in [0, 0.05) is 38.8 Å². The van der Waals surface area contributed by atoms with Gasteiger partial charge in [0.25, 0.3) is 0 Å². The summed E-state index contributed by atoms with van der Waals surface area (Å²) in [6.45, 7) is 4.60. The molecule has 2 N–H and O–H groups in total. The van der Waals surface area contributed by atoms with Crippen LogP contribution in [0.4, 0.5) is 0 Å². The van der Waals surface area contributed by atoms with Crippen LogP contribution in [0, 0.1) is 0 Å². The number of hydrogen-bond acceptors (Lipinski definition) is 5. The van der Waals surface area contributed by atoms with Crippen molar-refractivity contribution in [3.63, 3.8) is 0 Å². The lowest BCUT2D eigenvalue weighted by molar-refractivity contribution is 0.0869. The van der Waals surface area contributed by atoms with Crippen LogP contribution in [0.25, 0.3) is 5.69 Å². The van der Waals surface area contributed by atoms with Crippen molar-refractivity contribution in [2.45, 2.75) is 12.6 Å². The molecule has 2 heterocycles. The van der Waals surface area contributed by atoms with Crippen molar-refractivity contribution in [2.75, 3.05) is 33.2 Å². The fourth-order valence-corrected chi connectivity index (χ4v) is 2.74. The van der Waals surface area contributed by atoms with Crippen molar-refractivity contribution in [3.8, 4) is 5.69 Å². The Bertz CT molecular complexity index is 567. The van der Waals surface area contributed by atoms with E-state index in [0.29, 0.717) is 12.6 Å². The highest BCUT2D eigenvalue weighted by Gasteiger charge is 2.24. The standard InChI is InChI=1S/C15H22N6/c1-19-7-8-20(15(9-16)12-19)11-13-10-17-21(18-13)14-5-3-2-4-6-14/h2-6,10,15H,7-9,11-12,16H2,1H3. The van der Waals surface area contributed by atoms with Crippen molar-refractivity contribution in [2.24, 2.45) is 5.73 Å². The zero-order valence-corrected chi connectivity index (χ0v) is 12.4. The van der Waals surface area contributed by atoms with E-state index in [-0.39, 0.29) is 0 Å². The third kappa shape index (κ3) is 3.29. The van der Waals surface area contributed by atoms with Gasteiger partial charge in [-0.05, 0) is 19.2 Å². The molecule has 1 fully saturated rings. The van der Waals surface area contributed by atoms with E-state index in [1.165, 1.54) is 0 Å². The molecule has 0 amide bonds. The highest BCUT2D eigenvalue weighted by atomic mass is 15.5. The Morgan fingerprint density at radius 1 is 1.24 bits per heavy atom. The Kier molecular flexibility index (Phi) is 4.28. The van der Waals surface area contributed by atoms with Crippen LogP contribution >= 0.6 is 0 Å². The maximum absolute atomic E-state index is 5.90. The quantitative estimate of drug-likeness (QED) is 0.878. The molecular weight excluding hydrogens is 264 g/mol. The molecule has 1 aliphatic rings. The first-order chi connectivity index (χ1) is 10.3. The minimum absolute atomic E-state index is 0.394. The van der Waals surface area contributed by atoms with Crippen molar-refractivity contribution >= 4 is 0 Å². The van der Waals surface area contributed by atoms with Crippen LogP contribution in [-0.4, -0.2) is 64.1 Å². The molecule has 1 aromatic carbocycles. The van der Waals surface area contributed by atoms with E-state index in [9.17, 15) is 0 Å². The number of nitrogens with two attached hydrogens (primary N) is 1. The number of aromatic nitrogens is 3. The summed E-state index contributed by atoms with van der Waals surface area (Å²) in [5.74, 6) is 0. The van der Waals surface area contributed by atoms with Gasteiger partial charge in [-0.15, -0.1) is 0 Å². The minimum Gasteiger partial charge on any atom is -0.329 e. The molecule has 1 aliphatic heterocycles. The highest BCUT2D eigenvalue weighted by molar-refractivity contribution is 5.28. The SMILES string of the molecule is CN1CCN(Cc2cnn(-c3ccccc3)n2)C(CN)C1. The molecule has 0 radical (unpaired) electrons. The normalized spacial score (nSPS) is 20.8. The zero-order valence-electron chi connectivity index (χ0n) is 12.4. The Balaban J connectivity index is 1.69. The zero-order chi connectivity index (χ0) is 14.7. The van der Waals surface area contributed by atoms with E-state index in [1.807, 2.05) is 36.5 Å². The Hall–Kier alpha value is -1.76. The lowest BCUT2D eigenvalue weighted by Gasteiger charge is -2.39. The summed E-state index contributed by atoms with van der Waals surface area (Å²) in [4.78, 5) is 6.41. The summed E-state index contributed by atoms with van der Waals surface area (Å²) in [6, 6.07) is 10.4. The summed E-state index contributed by atoms with van der Waals surface area (Å²) in [6.07, 6.45) is 1.85. The first-order valence-corrected chi connectivity index (χ1v) is 7.35. The first-order valence-electron chi connectivity index (χ1n) is 7.35. The number of piperazine rings is 1. The van der Waals surface area contributed by atoms with Crippen LogP contribution in [0.15, 0.2) is 36.5 Å². The number of likely N-dealkylation sites (N-methyl/N-ethyl adjacent to an activating group) is 1. The molecule has 6 heteroatoms. The predicted molar refractivity (Wildman–Crippen MR) is 82.1 cm³/mol. The lowest BCUT2D eigenvalue weighted by Crippen LogP contribution is -2.54. The maximum atomic E-state index is 5.90. The van der Waals surface area contributed by atoms with Gasteiger partial charge in [0.1, 0.15) is 0 Å². The van der Waals surface area contributed by atoms with Gasteiger partial charge in [0.05, 0.1) is 17.6 Å². The molecule has 1 atom stereocenters. The molecule has 3 rings (SSSR count). The van der Waals surface area contributed by atoms with E-state index < -0.39 is 0 Å². The lowest BCUT2D eigenvalue weighted by atomic mass is 10.1. The summed E-state index contributed by atoms with van der Waals surface area (Å²) in [5, 5.41) is 8.93. The van der Waals surface area contributed by atoms with Crippen LogP contribution in [-0.2, 0) is 6.54 Å². The van der Waals surface area contributed by atoms with Crippen molar-refractivity contribution in [1.29, 1.82) is 0 Å². The van der Waals surface area contributed by atoms with Crippen molar-refractivity contribution in [1.82, 2.24) is 24.8 Å². The van der Waals surface area contributed by atoms with Crippen LogP contribution in [0.3, 0.4) is 0 Å². The molecule has 1 aromatic heterocycles. The van der Waals surface area contributed by atoms with Crippen LogP contribution < -0.4 is 5.73 Å². The van der Waals surface area contributed by atoms with E-state index >= 15 is 0 Å². The van der Waals surface area contributed by atoms with Crippen molar-refractivity contribution in [3.05, 3.63) is 42.2 Å². The third-order valence-electron chi connectivity index (χ3n) is 3.97. The van der Waals surface area contributed by atoms with Gasteiger partial charge in [0.15, 0.2) is 0 Å². The second-order valence-electron chi connectivity index (χ2n) is 5.58. The average molecular weight is 286 g/mol. The second-order valence-corrected chi connectivity index (χ2v) is 5.58. The predicted octanol–water partition coefficient (Wildman–Crippen LogP) is 0.342. The highest BCUT2D eigenvalue weighted by Crippen LogP contribution is 2.12. The molecule has 0 saturated carbocycles. The van der Waals surface area contributed by atoms with Gasteiger partial charge in [-0.25, -0.2) is 0 Å². The van der Waals surface area contributed by atoms with Crippen LogP contribution in [0.2, 0.25) is 0 Å². The molecule has 1 saturated heterocycles. The number of rotatable bonds is 4. The molecule has 0 bridgehead atoms. The monoisotopic (exact) mass is 286 g/mol. The van der Waals surface area contributed by atoms with Gasteiger partial charge < -0.3 is 10.6 Å². The molecule has 1 unspecified atom stereocenters. The van der Waals surface area contributed by atoms with Crippen molar-refractivity contribution < 1.29 is 0 Å². The van der Waals surface area contributed by atoms with Gasteiger partial charge in [-0.1, -0.05) is 18.2 Å². The Morgan fingerprint density at radius 2 is 2.05 bits per heavy atom. The topological polar surface area (TPSA) is 63.2 Å². The van der Waals surface area contributed by atoms with Gasteiger partial charge in [-0.3, -0.25) is 4.90 Å². The van der Waals surface area contributed by atoms with Gasteiger partial charge >= 0.3 is 0 Å². The third-order valence-corrected chi connectivity index (χ3v) is 3.97. The summed E-state index contributed by atoms with van der Waals surface area (Å²) < 4.78 is 0. The summed E-state index contributed by atoms with van der Waals surface area (Å²) in [5.41, 5.74) is 7.87. The number of para-hydroxylation sites is 1. The first kappa shape index (κ1) is 14.2. The molecule has 0 aliphatic carbocycles. The van der Waals surface area contributed by atoms with E-state index in [0.717, 1.165) is 37.6 Å². The fourth-order valence-electron chi connectivity index (χ4n) is 2.74. The average Bonchev–Trinajstić information content (AvgIpc) is 2.98. The number of hydrogen-bond donors (Lipinski definition) is 1. The molecule has 0 spiro atoms. The Morgan fingerprint density at radius 3 is 2.81 bits per heavy atom. The number of benzene rings is 1. The summed E-state index contributed by atoms with van der Waals surface area (Å²) in [7, 11) is 2.14. The molecule has 6 nitrogen and oxygen atoms in total.